The Balaban J connectivity index is 5.58. The Morgan fingerprint density at radius 2 is 1.18 bits per heavy atom. The molecule has 0 aliphatic heterocycles. The first-order chi connectivity index (χ1) is 17.6. The summed E-state index contributed by atoms with van der Waals surface area (Å²) in [5, 5.41) is 33.4. The maximum atomic E-state index is 12.9. The fourth-order valence-corrected chi connectivity index (χ4v) is 2.94. The van der Waals surface area contributed by atoms with Crippen molar-refractivity contribution in [1.82, 2.24) is 16.0 Å². The van der Waals surface area contributed by atoms with Gasteiger partial charge in [-0.2, -0.15) is 0 Å². The molecule has 38 heavy (non-hydrogen) atoms. The van der Waals surface area contributed by atoms with Crippen molar-refractivity contribution in [2.45, 2.75) is 69.1 Å². The van der Waals surface area contributed by atoms with Crippen molar-refractivity contribution in [3.05, 3.63) is 0 Å². The van der Waals surface area contributed by atoms with Crippen molar-refractivity contribution >= 4 is 47.5 Å². The highest BCUT2D eigenvalue weighted by Crippen LogP contribution is 2.06. The van der Waals surface area contributed by atoms with E-state index in [1.54, 1.807) is 0 Å². The maximum absolute atomic E-state index is 12.9. The molecule has 0 aliphatic carbocycles. The summed E-state index contributed by atoms with van der Waals surface area (Å²) >= 11 is 0. The molecule has 0 fully saturated rings. The van der Waals surface area contributed by atoms with E-state index < -0.39 is 85.0 Å². The van der Waals surface area contributed by atoms with Gasteiger partial charge in [-0.25, -0.2) is 4.79 Å². The number of hydrogen-bond acceptors (Lipinski definition) is 9. The smallest absolute Gasteiger partial charge is 0.326 e. The summed E-state index contributed by atoms with van der Waals surface area (Å²) in [6, 6.07) is -6.04. The van der Waals surface area contributed by atoms with Gasteiger partial charge in [0.05, 0.1) is 12.5 Å². The number of nitrogens with zero attached hydrogens (tertiary/aromatic N) is 1. The van der Waals surface area contributed by atoms with Crippen molar-refractivity contribution in [3.63, 3.8) is 0 Å². The van der Waals surface area contributed by atoms with Crippen LogP contribution in [0.15, 0.2) is 4.99 Å². The number of aliphatic carboxylic acids is 3. The number of amides is 4. The highest BCUT2D eigenvalue weighted by molar-refractivity contribution is 5.95. The Bertz CT molecular complexity index is 921. The number of primary amides is 1. The van der Waals surface area contributed by atoms with Gasteiger partial charge in [0.25, 0.3) is 0 Å². The molecule has 18 heteroatoms. The second kappa shape index (κ2) is 17.1. The van der Waals surface area contributed by atoms with E-state index in [9.17, 15) is 33.6 Å². The van der Waals surface area contributed by atoms with Crippen molar-refractivity contribution in [2.24, 2.45) is 27.9 Å². The van der Waals surface area contributed by atoms with Gasteiger partial charge in [0.1, 0.15) is 18.1 Å². The average Bonchev–Trinajstić information content (AvgIpc) is 2.80. The second-order valence-electron chi connectivity index (χ2n) is 8.11. The SMILES string of the molecule is NC(=O)CCC(NC(=O)C(N)CCCN=C(N)N)C(=O)NC(CCC(=O)O)C(=O)NC(CC(=O)O)C(=O)O. The van der Waals surface area contributed by atoms with Crippen molar-refractivity contribution < 1.29 is 48.9 Å². The summed E-state index contributed by atoms with van der Waals surface area (Å²) in [6.45, 7) is 0.189. The molecule has 0 aromatic heterocycles. The number of carboxylic acid groups (broad SMARTS) is 3. The topological polar surface area (TPSA) is 333 Å². The van der Waals surface area contributed by atoms with Gasteiger partial charge in [-0.15, -0.1) is 0 Å². The van der Waals surface area contributed by atoms with Crippen LogP contribution in [0.2, 0.25) is 0 Å². The van der Waals surface area contributed by atoms with Gasteiger partial charge in [0, 0.05) is 19.4 Å². The van der Waals surface area contributed by atoms with Crippen LogP contribution in [0.3, 0.4) is 0 Å². The van der Waals surface area contributed by atoms with E-state index in [1.807, 2.05) is 5.32 Å². The largest absolute Gasteiger partial charge is 0.481 e. The normalized spacial score (nSPS) is 13.6. The van der Waals surface area contributed by atoms with E-state index in [0.717, 1.165) is 0 Å². The first kappa shape index (κ1) is 33.5. The quantitative estimate of drug-likeness (QED) is 0.0415. The van der Waals surface area contributed by atoms with Crippen molar-refractivity contribution in [1.29, 1.82) is 0 Å². The minimum Gasteiger partial charge on any atom is -0.481 e. The van der Waals surface area contributed by atoms with Crippen molar-refractivity contribution in [2.75, 3.05) is 6.54 Å². The lowest BCUT2D eigenvalue weighted by molar-refractivity contribution is -0.147. The number of guanidine groups is 1. The van der Waals surface area contributed by atoms with E-state index in [1.165, 1.54) is 0 Å². The van der Waals surface area contributed by atoms with Crippen LogP contribution in [0.5, 0.6) is 0 Å². The molecular formula is C20H34N8O10. The lowest BCUT2D eigenvalue weighted by atomic mass is 10.1. The Kier molecular flexibility index (Phi) is 15.0. The number of hydrogen-bond donors (Lipinski definition) is 10. The van der Waals surface area contributed by atoms with Gasteiger partial charge < -0.3 is 54.2 Å². The van der Waals surface area contributed by atoms with Crippen LogP contribution in [0, 0.1) is 0 Å². The second-order valence-corrected chi connectivity index (χ2v) is 8.11. The molecule has 14 N–H and O–H groups in total. The zero-order valence-electron chi connectivity index (χ0n) is 20.4. The van der Waals surface area contributed by atoms with E-state index >= 15 is 0 Å². The van der Waals surface area contributed by atoms with Crippen LogP contribution in [0.1, 0.15) is 44.9 Å². The highest BCUT2D eigenvalue weighted by Gasteiger charge is 2.31. The number of carboxylic acids is 3. The van der Waals surface area contributed by atoms with Crippen molar-refractivity contribution in [3.8, 4) is 0 Å². The van der Waals surface area contributed by atoms with E-state index in [-0.39, 0.29) is 31.8 Å². The summed E-state index contributed by atoms with van der Waals surface area (Å²) in [5.41, 5.74) is 21.3. The zero-order chi connectivity index (χ0) is 29.4. The van der Waals surface area contributed by atoms with Gasteiger partial charge in [-0.3, -0.25) is 33.8 Å². The van der Waals surface area contributed by atoms with E-state index in [4.69, 9.17) is 38.3 Å². The Morgan fingerprint density at radius 3 is 1.63 bits per heavy atom. The first-order valence-corrected chi connectivity index (χ1v) is 11.3. The minimum atomic E-state index is -1.87. The predicted octanol–water partition coefficient (Wildman–Crippen LogP) is -4.49. The third kappa shape index (κ3) is 14.8. The number of nitrogens with two attached hydrogens (primary N) is 4. The minimum absolute atomic E-state index is 0.122. The molecule has 0 bridgehead atoms. The molecule has 0 saturated carbocycles. The zero-order valence-corrected chi connectivity index (χ0v) is 20.4. The molecule has 0 heterocycles. The summed E-state index contributed by atoms with van der Waals surface area (Å²) in [4.78, 5) is 86.1. The van der Waals surface area contributed by atoms with E-state index in [0.29, 0.717) is 6.42 Å². The molecule has 0 radical (unpaired) electrons. The lowest BCUT2D eigenvalue weighted by Gasteiger charge is -2.24. The maximum Gasteiger partial charge on any atom is 0.326 e. The van der Waals surface area contributed by atoms with Gasteiger partial charge in [0.15, 0.2) is 5.96 Å². The molecular weight excluding hydrogens is 512 g/mol. The Labute approximate surface area is 216 Å². The fraction of sp³-hybridized carbons (Fsp3) is 0.600. The first-order valence-electron chi connectivity index (χ1n) is 11.3. The Morgan fingerprint density at radius 1 is 0.684 bits per heavy atom. The summed E-state index contributed by atoms with van der Waals surface area (Å²) in [7, 11) is 0. The molecule has 0 spiro atoms. The number of carbonyl (C=O) groups is 7. The summed E-state index contributed by atoms with van der Waals surface area (Å²) in [5.74, 6) is -8.51. The van der Waals surface area contributed by atoms with Gasteiger partial charge in [0.2, 0.25) is 23.6 Å². The summed E-state index contributed by atoms with van der Waals surface area (Å²) < 4.78 is 0. The molecule has 214 valence electrons. The van der Waals surface area contributed by atoms with Crippen LogP contribution in [-0.2, 0) is 33.6 Å². The lowest BCUT2D eigenvalue weighted by Crippen LogP contribution is -2.57. The third-order valence-corrected chi connectivity index (χ3v) is 4.89. The number of aliphatic imine (C=N–C) groups is 1. The molecule has 0 aliphatic rings. The average molecular weight is 547 g/mol. The van der Waals surface area contributed by atoms with Gasteiger partial charge in [-0.05, 0) is 25.7 Å². The van der Waals surface area contributed by atoms with Crippen LogP contribution in [-0.4, -0.2) is 93.5 Å². The van der Waals surface area contributed by atoms with Gasteiger partial charge in [-0.1, -0.05) is 0 Å². The molecule has 0 rings (SSSR count). The highest BCUT2D eigenvalue weighted by atomic mass is 16.4. The number of rotatable bonds is 19. The van der Waals surface area contributed by atoms with Crippen LogP contribution in [0.25, 0.3) is 0 Å². The van der Waals surface area contributed by atoms with Gasteiger partial charge >= 0.3 is 17.9 Å². The standard InChI is InChI=1S/C20H34N8O10/c21-9(2-1-7-25-20(23)24)16(34)26-10(3-5-13(22)29)17(35)27-11(4-6-14(30)31)18(36)28-12(19(37)38)8-15(32)33/h9-12H,1-8,21H2,(H2,22,29)(H,26,34)(H,27,35)(H,28,36)(H,30,31)(H,32,33)(H,37,38)(H4,23,24,25). The van der Waals surface area contributed by atoms with Crippen LogP contribution >= 0.6 is 0 Å². The van der Waals surface area contributed by atoms with E-state index in [2.05, 4.69) is 15.6 Å². The molecule has 18 nitrogen and oxygen atoms in total. The number of carbonyl (C=O) groups excluding carboxylic acids is 4. The molecule has 4 unspecified atom stereocenters. The Hall–Kier alpha value is -4.48. The molecule has 0 aromatic carbocycles. The van der Waals surface area contributed by atoms with Crippen LogP contribution in [0.4, 0.5) is 0 Å². The summed E-state index contributed by atoms with van der Waals surface area (Å²) in [6.07, 6.45) is -2.35. The monoisotopic (exact) mass is 546 g/mol. The molecule has 4 atom stereocenters. The fourth-order valence-electron chi connectivity index (χ4n) is 2.94. The molecule has 0 saturated heterocycles. The van der Waals surface area contributed by atoms with Crippen LogP contribution < -0.4 is 38.9 Å². The third-order valence-electron chi connectivity index (χ3n) is 4.89. The number of nitrogens with one attached hydrogen (secondary N) is 3. The molecule has 0 aromatic rings. The predicted molar refractivity (Wildman–Crippen MR) is 129 cm³/mol. The molecule has 4 amide bonds.